The smallest absolute Gasteiger partial charge is 0.223 e. The fourth-order valence-corrected chi connectivity index (χ4v) is 4.26. The van der Waals surface area contributed by atoms with Crippen LogP contribution in [0.25, 0.3) is 0 Å². The Balaban J connectivity index is 1.43. The first-order valence-electron chi connectivity index (χ1n) is 9.98. The van der Waals surface area contributed by atoms with Gasteiger partial charge in [0.25, 0.3) is 0 Å². The maximum Gasteiger partial charge on any atom is 0.223 e. The molecule has 27 heavy (non-hydrogen) atoms. The first-order valence-corrected chi connectivity index (χ1v) is 9.98. The van der Waals surface area contributed by atoms with Crippen LogP contribution in [0.2, 0.25) is 0 Å². The summed E-state index contributed by atoms with van der Waals surface area (Å²) >= 11 is 0. The quantitative estimate of drug-likeness (QED) is 0.813. The molecule has 0 N–H and O–H groups in total. The average Bonchev–Trinajstić information content (AvgIpc) is 2.66. The fourth-order valence-electron chi connectivity index (χ4n) is 4.26. The molecule has 0 unspecified atom stereocenters. The number of benzene rings is 1. The topological polar surface area (TPSA) is 43.9 Å². The third-order valence-corrected chi connectivity index (χ3v) is 5.60. The van der Waals surface area contributed by atoms with E-state index in [0.717, 1.165) is 31.9 Å². The van der Waals surface area contributed by atoms with E-state index < -0.39 is 0 Å². The third kappa shape index (κ3) is 5.21. The van der Waals surface area contributed by atoms with Crippen molar-refractivity contribution in [2.75, 3.05) is 44.2 Å². The molecule has 0 bridgehead atoms. The third-order valence-electron chi connectivity index (χ3n) is 5.60. The summed E-state index contributed by atoms with van der Waals surface area (Å²) in [6.07, 6.45) is 1.76. The van der Waals surface area contributed by atoms with Crippen molar-refractivity contribution in [1.29, 1.82) is 0 Å². The lowest BCUT2D eigenvalue weighted by atomic mass is 9.91. The number of nitrogens with zero attached hydrogens (tertiary/aromatic N) is 3. The van der Waals surface area contributed by atoms with Gasteiger partial charge in [0, 0.05) is 57.8 Å². The number of hydrogen-bond acceptors (Lipinski definition) is 3. The highest BCUT2D eigenvalue weighted by Crippen LogP contribution is 2.22. The van der Waals surface area contributed by atoms with E-state index in [0.29, 0.717) is 31.3 Å². The summed E-state index contributed by atoms with van der Waals surface area (Å²) in [6.45, 7) is 8.73. The predicted molar refractivity (Wildman–Crippen MR) is 104 cm³/mol. The lowest BCUT2D eigenvalue weighted by molar-refractivity contribution is -0.138. The normalized spacial score (nSPS) is 23.4. The predicted octanol–water partition coefficient (Wildman–Crippen LogP) is 2.76. The molecule has 3 rings (SSSR count). The van der Waals surface area contributed by atoms with Crippen molar-refractivity contribution in [2.24, 2.45) is 11.8 Å². The minimum absolute atomic E-state index is 0.0558. The van der Waals surface area contributed by atoms with Gasteiger partial charge in [-0.25, -0.2) is 4.39 Å². The summed E-state index contributed by atoms with van der Waals surface area (Å²) in [5.74, 6) is 0.988. The first kappa shape index (κ1) is 19.6. The minimum Gasteiger partial charge on any atom is -0.368 e. The molecule has 1 aromatic rings. The zero-order chi connectivity index (χ0) is 19.4. The molecule has 2 heterocycles. The Morgan fingerprint density at radius 2 is 1.41 bits per heavy atom. The second-order valence-electron chi connectivity index (χ2n) is 8.09. The molecule has 2 fully saturated rings. The Hall–Kier alpha value is -2.11. The molecule has 0 aromatic heterocycles. The average molecular weight is 375 g/mol. The number of piperidine rings is 1. The molecule has 0 spiro atoms. The number of anilines is 1. The SMILES string of the molecule is C[C@@H]1C[C@@H](C)CN(C(=O)CCC(=O)N2CCN(c3ccc(F)cc3)CC2)C1. The molecule has 6 heteroatoms. The molecular weight excluding hydrogens is 345 g/mol. The van der Waals surface area contributed by atoms with E-state index in [-0.39, 0.29) is 24.1 Å². The number of amides is 2. The molecule has 5 nitrogen and oxygen atoms in total. The summed E-state index contributed by atoms with van der Waals surface area (Å²) < 4.78 is 13.0. The maximum absolute atomic E-state index is 13.0. The highest BCUT2D eigenvalue weighted by atomic mass is 19.1. The maximum atomic E-state index is 13.0. The Labute approximate surface area is 161 Å². The Kier molecular flexibility index (Phi) is 6.34. The molecule has 2 saturated heterocycles. The van der Waals surface area contributed by atoms with Crippen molar-refractivity contribution in [1.82, 2.24) is 9.80 Å². The molecular formula is C21H30FN3O2. The number of piperazine rings is 1. The molecule has 148 valence electrons. The summed E-state index contributed by atoms with van der Waals surface area (Å²) in [5, 5.41) is 0. The number of hydrogen-bond donors (Lipinski definition) is 0. The van der Waals surface area contributed by atoms with Crippen molar-refractivity contribution in [3.63, 3.8) is 0 Å². The number of carbonyl (C=O) groups is 2. The van der Waals surface area contributed by atoms with Crippen molar-refractivity contribution < 1.29 is 14.0 Å². The van der Waals surface area contributed by atoms with Gasteiger partial charge < -0.3 is 14.7 Å². The number of halogens is 1. The van der Waals surface area contributed by atoms with Crippen LogP contribution >= 0.6 is 0 Å². The van der Waals surface area contributed by atoms with Gasteiger partial charge in [0.2, 0.25) is 11.8 Å². The molecule has 2 amide bonds. The van der Waals surface area contributed by atoms with Crippen LogP contribution in [0.15, 0.2) is 24.3 Å². The van der Waals surface area contributed by atoms with E-state index in [4.69, 9.17) is 0 Å². The molecule has 2 aliphatic rings. The van der Waals surface area contributed by atoms with Gasteiger partial charge in [-0.2, -0.15) is 0 Å². The van der Waals surface area contributed by atoms with Crippen molar-refractivity contribution >= 4 is 17.5 Å². The van der Waals surface area contributed by atoms with Crippen LogP contribution in [0, 0.1) is 17.7 Å². The van der Waals surface area contributed by atoms with E-state index in [9.17, 15) is 14.0 Å². The van der Waals surface area contributed by atoms with Gasteiger partial charge in [-0.1, -0.05) is 13.8 Å². The standard InChI is InChI=1S/C21H30FN3O2/c1-16-13-17(2)15-25(14-16)21(27)8-7-20(26)24-11-9-23(10-12-24)19-5-3-18(22)4-6-19/h3-6,16-17H,7-15H2,1-2H3/t16-,17-/m1/s1. The van der Waals surface area contributed by atoms with E-state index in [1.807, 2.05) is 9.80 Å². The summed E-state index contributed by atoms with van der Waals surface area (Å²) in [5.41, 5.74) is 0.979. The second kappa shape index (κ2) is 8.72. The van der Waals surface area contributed by atoms with Crippen molar-refractivity contribution in [2.45, 2.75) is 33.1 Å². The zero-order valence-corrected chi connectivity index (χ0v) is 16.4. The molecule has 0 aliphatic carbocycles. The fraction of sp³-hybridized carbons (Fsp3) is 0.619. The lowest BCUT2D eigenvalue weighted by Gasteiger charge is -2.37. The summed E-state index contributed by atoms with van der Waals surface area (Å²) in [4.78, 5) is 30.9. The Morgan fingerprint density at radius 3 is 1.96 bits per heavy atom. The van der Waals surface area contributed by atoms with Crippen LogP contribution in [0.3, 0.4) is 0 Å². The lowest BCUT2D eigenvalue weighted by Crippen LogP contribution is -2.49. The van der Waals surface area contributed by atoms with Gasteiger partial charge in [-0.3, -0.25) is 9.59 Å². The van der Waals surface area contributed by atoms with Crippen LogP contribution in [0.4, 0.5) is 10.1 Å². The molecule has 1 aromatic carbocycles. The largest absolute Gasteiger partial charge is 0.368 e. The number of likely N-dealkylation sites (tertiary alicyclic amines) is 1. The van der Waals surface area contributed by atoms with Gasteiger partial charge in [-0.05, 0) is 42.5 Å². The van der Waals surface area contributed by atoms with E-state index in [1.165, 1.54) is 18.6 Å². The molecule has 2 aliphatic heterocycles. The van der Waals surface area contributed by atoms with Crippen molar-refractivity contribution in [3.8, 4) is 0 Å². The van der Waals surface area contributed by atoms with Gasteiger partial charge in [0.1, 0.15) is 5.82 Å². The zero-order valence-electron chi connectivity index (χ0n) is 16.4. The molecule has 0 saturated carbocycles. The van der Waals surface area contributed by atoms with Gasteiger partial charge >= 0.3 is 0 Å². The summed E-state index contributed by atoms with van der Waals surface area (Å²) in [6, 6.07) is 6.46. The second-order valence-corrected chi connectivity index (χ2v) is 8.09. The monoisotopic (exact) mass is 375 g/mol. The Morgan fingerprint density at radius 1 is 0.889 bits per heavy atom. The van der Waals surface area contributed by atoms with Crippen LogP contribution in [0.1, 0.15) is 33.1 Å². The first-order chi connectivity index (χ1) is 12.9. The van der Waals surface area contributed by atoms with E-state index >= 15 is 0 Å². The minimum atomic E-state index is -0.241. The van der Waals surface area contributed by atoms with E-state index in [1.54, 1.807) is 12.1 Å². The van der Waals surface area contributed by atoms with Crippen LogP contribution in [0.5, 0.6) is 0 Å². The van der Waals surface area contributed by atoms with Crippen molar-refractivity contribution in [3.05, 3.63) is 30.1 Å². The van der Waals surface area contributed by atoms with Gasteiger partial charge in [0.05, 0.1) is 0 Å². The number of rotatable bonds is 4. The molecule has 2 atom stereocenters. The van der Waals surface area contributed by atoms with Crippen LogP contribution < -0.4 is 4.90 Å². The highest BCUT2D eigenvalue weighted by Gasteiger charge is 2.27. The summed E-state index contributed by atoms with van der Waals surface area (Å²) in [7, 11) is 0. The highest BCUT2D eigenvalue weighted by molar-refractivity contribution is 5.84. The molecule has 0 radical (unpaired) electrons. The van der Waals surface area contributed by atoms with Crippen LogP contribution in [-0.4, -0.2) is 60.9 Å². The number of carbonyl (C=O) groups excluding carboxylic acids is 2. The van der Waals surface area contributed by atoms with E-state index in [2.05, 4.69) is 18.7 Å². The van der Waals surface area contributed by atoms with Crippen LogP contribution in [-0.2, 0) is 9.59 Å². The van der Waals surface area contributed by atoms with Gasteiger partial charge in [0.15, 0.2) is 0 Å². The Bertz CT molecular complexity index is 646. The van der Waals surface area contributed by atoms with Gasteiger partial charge in [-0.15, -0.1) is 0 Å².